The molecule has 0 amide bonds. The summed E-state index contributed by atoms with van der Waals surface area (Å²) in [4.78, 5) is 23.0. The quantitative estimate of drug-likeness (QED) is 0.694. The van der Waals surface area contributed by atoms with Crippen molar-refractivity contribution in [3.05, 3.63) is 42.0 Å². The number of ether oxygens (including phenoxy) is 1. The molecule has 1 aromatic rings. The molecule has 0 aromatic heterocycles. The smallest absolute Gasteiger partial charge is 0.338 e. The molecule has 0 aliphatic carbocycles. The van der Waals surface area contributed by atoms with Gasteiger partial charge in [-0.05, 0) is 24.1 Å². The number of hydrogen-bond acceptors (Lipinski definition) is 3. The average molecular weight is 246 g/mol. The largest absolute Gasteiger partial charge is 0.454 e. The molecule has 1 rings (SSSR count). The monoisotopic (exact) mass is 246 g/mol. The van der Waals surface area contributed by atoms with Gasteiger partial charge in [0.05, 0.1) is 5.56 Å². The normalized spacial score (nSPS) is 9.83. The summed E-state index contributed by atoms with van der Waals surface area (Å²) in [6.07, 6.45) is 3.97. The fourth-order valence-corrected chi connectivity index (χ4v) is 1.43. The number of benzene rings is 1. The van der Waals surface area contributed by atoms with Crippen LogP contribution >= 0.6 is 0 Å². The lowest BCUT2D eigenvalue weighted by atomic mass is 10.1. The van der Waals surface area contributed by atoms with Crippen LogP contribution in [0.25, 0.3) is 6.08 Å². The van der Waals surface area contributed by atoms with Crippen molar-refractivity contribution >= 4 is 17.8 Å². The molecule has 96 valence electrons. The highest BCUT2D eigenvalue weighted by Gasteiger charge is 2.09. The highest BCUT2D eigenvalue weighted by Crippen LogP contribution is 2.07. The Kier molecular flexibility index (Phi) is 5.85. The summed E-state index contributed by atoms with van der Waals surface area (Å²) < 4.78 is 4.95. The number of carbonyl (C=O) groups is 2. The van der Waals surface area contributed by atoms with Crippen molar-refractivity contribution in [1.82, 2.24) is 0 Å². The molecule has 0 N–H and O–H groups in total. The molecule has 0 unspecified atom stereocenters. The third kappa shape index (κ3) is 4.53. The minimum atomic E-state index is -0.463. The van der Waals surface area contributed by atoms with E-state index < -0.39 is 5.97 Å². The van der Waals surface area contributed by atoms with Gasteiger partial charge in [-0.1, -0.05) is 38.1 Å². The molecule has 3 heteroatoms. The van der Waals surface area contributed by atoms with Crippen molar-refractivity contribution in [3.63, 3.8) is 0 Å². The SMILES string of the molecule is C=Cc1ccc(C(=O)OCC(=O)CCCC)cc1. The topological polar surface area (TPSA) is 43.4 Å². The molecular weight excluding hydrogens is 228 g/mol. The third-order valence-electron chi connectivity index (χ3n) is 2.56. The van der Waals surface area contributed by atoms with Gasteiger partial charge in [-0.15, -0.1) is 0 Å². The maximum atomic E-state index is 11.6. The van der Waals surface area contributed by atoms with Crippen LogP contribution in [0.15, 0.2) is 30.8 Å². The van der Waals surface area contributed by atoms with Gasteiger partial charge in [-0.3, -0.25) is 4.79 Å². The van der Waals surface area contributed by atoms with Crippen LogP contribution in [-0.4, -0.2) is 18.4 Å². The number of Topliss-reactive ketones (excluding diaryl/α,β-unsaturated/α-hetero) is 1. The Morgan fingerprint density at radius 1 is 1.28 bits per heavy atom. The Labute approximate surface area is 107 Å². The summed E-state index contributed by atoms with van der Waals surface area (Å²) >= 11 is 0. The molecule has 18 heavy (non-hydrogen) atoms. The van der Waals surface area contributed by atoms with Crippen LogP contribution in [0.3, 0.4) is 0 Å². The van der Waals surface area contributed by atoms with Crippen molar-refractivity contribution < 1.29 is 14.3 Å². The Morgan fingerprint density at radius 3 is 2.50 bits per heavy atom. The van der Waals surface area contributed by atoms with Crippen LogP contribution in [0.5, 0.6) is 0 Å². The van der Waals surface area contributed by atoms with Gasteiger partial charge >= 0.3 is 5.97 Å². The summed E-state index contributed by atoms with van der Waals surface area (Å²) in [6, 6.07) is 6.89. The van der Waals surface area contributed by atoms with Crippen LogP contribution in [0.2, 0.25) is 0 Å². The second-order valence-electron chi connectivity index (χ2n) is 4.04. The summed E-state index contributed by atoms with van der Waals surface area (Å²) in [7, 11) is 0. The van der Waals surface area contributed by atoms with Gasteiger partial charge in [0, 0.05) is 6.42 Å². The predicted octanol–water partition coefficient (Wildman–Crippen LogP) is 3.25. The molecule has 0 spiro atoms. The Balaban J connectivity index is 2.44. The van der Waals surface area contributed by atoms with Gasteiger partial charge in [-0.25, -0.2) is 4.79 Å². The highest BCUT2D eigenvalue weighted by atomic mass is 16.5. The number of rotatable bonds is 7. The first kappa shape index (κ1) is 14.2. The van der Waals surface area contributed by atoms with E-state index >= 15 is 0 Å². The van der Waals surface area contributed by atoms with Crippen LogP contribution in [0.1, 0.15) is 42.1 Å². The van der Waals surface area contributed by atoms with E-state index in [-0.39, 0.29) is 12.4 Å². The van der Waals surface area contributed by atoms with E-state index in [0.29, 0.717) is 12.0 Å². The summed E-state index contributed by atoms with van der Waals surface area (Å²) in [5.41, 5.74) is 1.38. The first-order chi connectivity index (χ1) is 8.67. The van der Waals surface area contributed by atoms with E-state index in [1.165, 1.54) is 0 Å². The van der Waals surface area contributed by atoms with Crippen LogP contribution in [0.4, 0.5) is 0 Å². The number of ketones is 1. The average Bonchev–Trinajstić information content (AvgIpc) is 2.42. The van der Waals surface area contributed by atoms with Crippen LogP contribution in [-0.2, 0) is 9.53 Å². The minimum Gasteiger partial charge on any atom is -0.454 e. The molecule has 0 aliphatic heterocycles. The van der Waals surface area contributed by atoms with E-state index in [1.54, 1.807) is 30.3 Å². The van der Waals surface area contributed by atoms with Gasteiger partial charge < -0.3 is 4.74 Å². The fourth-order valence-electron chi connectivity index (χ4n) is 1.43. The van der Waals surface area contributed by atoms with Crippen molar-refractivity contribution in [2.24, 2.45) is 0 Å². The second kappa shape index (κ2) is 7.43. The zero-order valence-electron chi connectivity index (χ0n) is 10.6. The van der Waals surface area contributed by atoms with Crippen LogP contribution in [0, 0.1) is 0 Å². The predicted molar refractivity (Wildman–Crippen MR) is 71.3 cm³/mol. The molecular formula is C15H18O3. The lowest BCUT2D eigenvalue weighted by Gasteiger charge is -2.04. The number of esters is 1. The summed E-state index contributed by atoms with van der Waals surface area (Å²) in [5, 5.41) is 0. The highest BCUT2D eigenvalue weighted by molar-refractivity contribution is 5.91. The van der Waals surface area contributed by atoms with Gasteiger partial charge in [-0.2, -0.15) is 0 Å². The fraction of sp³-hybridized carbons (Fsp3) is 0.333. The lowest BCUT2D eigenvalue weighted by Crippen LogP contribution is -2.13. The van der Waals surface area contributed by atoms with Crippen molar-refractivity contribution in [2.75, 3.05) is 6.61 Å². The summed E-state index contributed by atoms with van der Waals surface area (Å²) in [6.45, 7) is 5.51. The van der Waals surface area contributed by atoms with Crippen molar-refractivity contribution in [1.29, 1.82) is 0 Å². The van der Waals surface area contributed by atoms with E-state index in [0.717, 1.165) is 18.4 Å². The Hall–Kier alpha value is -1.90. The molecule has 0 bridgehead atoms. The molecule has 0 fully saturated rings. The molecule has 0 saturated heterocycles. The van der Waals surface area contributed by atoms with Gasteiger partial charge in [0.15, 0.2) is 5.78 Å². The first-order valence-corrected chi connectivity index (χ1v) is 6.08. The Bertz CT molecular complexity index is 418. The second-order valence-corrected chi connectivity index (χ2v) is 4.04. The molecule has 0 atom stereocenters. The molecule has 0 saturated carbocycles. The minimum absolute atomic E-state index is 0.0343. The van der Waals surface area contributed by atoms with Crippen molar-refractivity contribution in [3.8, 4) is 0 Å². The maximum Gasteiger partial charge on any atom is 0.338 e. The first-order valence-electron chi connectivity index (χ1n) is 6.08. The number of hydrogen-bond donors (Lipinski definition) is 0. The zero-order valence-corrected chi connectivity index (χ0v) is 10.6. The molecule has 0 heterocycles. The van der Waals surface area contributed by atoms with Gasteiger partial charge in [0.25, 0.3) is 0 Å². The summed E-state index contributed by atoms with van der Waals surface area (Å²) in [5.74, 6) is -0.497. The zero-order chi connectivity index (χ0) is 13.4. The molecule has 0 radical (unpaired) electrons. The molecule has 0 aliphatic rings. The Morgan fingerprint density at radius 2 is 1.94 bits per heavy atom. The van der Waals surface area contributed by atoms with Crippen molar-refractivity contribution in [2.45, 2.75) is 26.2 Å². The van der Waals surface area contributed by atoms with E-state index in [9.17, 15) is 9.59 Å². The van der Waals surface area contributed by atoms with E-state index in [4.69, 9.17) is 4.74 Å². The molecule has 1 aromatic carbocycles. The lowest BCUT2D eigenvalue weighted by molar-refractivity contribution is -0.122. The van der Waals surface area contributed by atoms with Crippen LogP contribution < -0.4 is 0 Å². The number of carbonyl (C=O) groups excluding carboxylic acids is 2. The standard InChI is InChI=1S/C15H18O3/c1-3-5-6-14(16)11-18-15(17)13-9-7-12(4-2)8-10-13/h4,7-10H,2-3,5-6,11H2,1H3. The third-order valence-corrected chi connectivity index (χ3v) is 2.56. The van der Waals surface area contributed by atoms with Gasteiger partial charge in [0.1, 0.15) is 6.61 Å². The number of unbranched alkanes of at least 4 members (excludes halogenated alkanes) is 1. The van der Waals surface area contributed by atoms with E-state index in [2.05, 4.69) is 6.58 Å². The maximum absolute atomic E-state index is 11.6. The molecule has 3 nitrogen and oxygen atoms in total. The van der Waals surface area contributed by atoms with E-state index in [1.807, 2.05) is 6.92 Å². The van der Waals surface area contributed by atoms with Gasteiger partial charge in [0.2, 0.25) is 0 Å².